The van der Waals surface area contributed by atoms with Crippen molar-refractivity contribution in [3.8, 4) is 22.6 Å². The van der Waals surface area contributed by atoms with Gasteiger partial charge in [0.05, 0.1) is 12.5 Å². The second-order valence-electron chi connectivity index (χ2n) is 9.47. The molecule has 1 aliphatic heterocycles. The SMILES string of the molecule is O=C1C(c2cc(OCc3ccccc3)ccc2O)c2ccccc2N1Cc1ccc(-c2ccccc2)cc1. The molecule has 186 valence electrons. The summed E-state index contributed by atoms with van der Waals surface area (Å²) in [6.07, 6.45) is 0. The highest BCUT2D eigenvalue weighted by Gasteiger charge is 2.39. The zero-order valence-corrected chi connectivity index (χ0v) is 20.8. The molecule has 1 atom stereocenters. The minimum absolute atomic E-state index is 0.0613. The third-order valence-corrected chi connectivity index (χ3v) is 7.01. The number of carbonyl (C=O) groups excluding carboxylic acids is 1. The van der Waals surface area contributed by atoms with Crippen LogP contribution in [-0.4, -0.2) is 11.0 Å². The summed E-state index contributed by atoms with van der Waals surface area (Å²) < 4.78 is 6.00. The Bertz CT molecular complexity index is 1560. The van der Waals surface area contributed by atoms with Crippen LogP contribution >= 0.6 is 0 Å². The van der Waals surface area contributed by atoms with Crippen molar-refractivity contribution in [2.75, 3.05) is 4.90 Å². The van der Waals surface area contributed by atoms with Gasteiger partial charge in [-0.2, -0.15) is 0 Å². The molecule has 4 heteroatoms. The van der Waals surface area contributed by atoms with Crippen LogP contribution in [0.1, 0.15) is 28.2 Å². The fourth-order valence-corrected chi connectivity index (χ4v) is 5.06. The van der Waals surface area contributed by atoms with Gasteiger partial charge in [-0.1, -0.05) is 103 Å². The molecule has 0 saturated carbocycles. The fourth-order valence-electron chi connectivity index (χ4n) is 5.06. The topological polar surface area (TPSA) is 49.8 Å². The lowest BCUT2D eigenvalue weighted by Crippen LogP contribution is -2.28. The van der Waals surface area contributed by atoms with Gasteiger partial charge in [0, 0.05) is 11.3 Å². The molecule has 1 amide bonds. The lowest BCUT2D eigenvalue weighted by atomic mass is 9.91. The molecule has 0 bridgehead atoms. The zero-order valence-electron chi connectivity index (χ0n) is 20.8. The van der Waals surface area contributed by atoms with Crippen LogP contribution in [0.2, 0.25) is 0 Å². The van der Waals surface area contributed by atoms with E-state index in [0.29, 0.717) is 24.5 Å². The number of hydrogen-bond acceptors (Lipinski definition) is 3. The third-order valence-electron chi connectivity index (χ3n) is 7.01. The summed E-state index contributed by atoms with van der Waals surface area (Å²) in [6, 6.07) is 41.4. The Morgan fingerprint density at radius 1 is 0.658 bits per heavy atom. The van der Waals surface area contributed by atoms with E-state index in [2.05, 4.69) is 36.4 Å². The van der Waals surface area contributed by atoms with Crippen LogP contribution < -0.4 is 9.64 Å². The predicted octanol–water partition coefficient (Wildman–Crippen LogP) is 7.32. The smallest absolute Gasteiger partial charge is 0.239 e. The van der Waals surface area contributed by atoms with Crippen LogP contribution in [0.15, 0.2) is 127 Å². The number of anilines is 1. The number of aromatic hydroxyl groups is 1. The fraction of sp³-hybridized carbons (Fsp3) is 0.0882. The summed E-state index contributed by atoms with van der Waals surface area (Å²) in [5, 5.41) is 10.8. The minimum Gasteiger partial charge on any atom is -0.508 e. The first-order valence-corrected chi connectivity index (χ1v) is 12.7. The number of phenols is 1. The van der Waals surface area contributed by atoms with E-state index >= 15 is 0 Å². The number of phenolic OH excluding ortho intramolecular Hbond substituents is 1. The molecule has 1 N–H and O–H groups in total. The predicted molar refractivity (Wildman–Crippen MR) is 150 cm³/mol. The first-order valence-electron chi connectivity index (χ1n) is 12.7. The molecule has 5 aromatic carbocycles. The Labute approximate surface area is 222 Å². The van der Waals surface area contributed by atoms with E-state index in [-0.39, 0.29) is 11.7 Å². The first-order chi connectivity index (χ1) is 18.7. The molecule has 1 heterocycles. The summed E-state index contributed by atoms with van der Waals surface area (Å²) in [4.78, 5) is 15.7. The summed E-state index contributed by atoms with van der Waals surface area (Å²) in [7, 11) is 0. The second kappa shape index (κ2) is 10.3. The van der Waals surface area contributed by atoms with Gasteiger partial charge < -0.3 is 14.7 Å². The Balaban J connectivity index is 1.27. The van der Waals surface area contributed by atoms with Crippen molar-refractivity contribution >= 4 is 11.6 Å². The van der Waals surface area contributed by atoms with Crippen molar-refractivity contribution < 1.29 is 14.6 Å². The highest BCUT2D eigenvalue weighted by atomic mass is 16.5. The van der Waals surface area contributed by atoms with Crippen LogP contribution in [-0.2, 0) is 17.9 Å². The molecule has 0 aromatic heterocycles. The highest BCUT2D eigenvalue weighted by molar-refractivity contribution is 6.07. The first kappa shape index (κ1) is 23.6. The van der Waals surface area contributed by atoms with Crippen molar-refractivity contribution in [1.29, 1.82) is 0 Å². The second-order valence-corrected chi connectivity index (χ2v) is 9.47. The number of nitrogens with zero attached hydrogens (tertiary/aromatic N) is 1. The molecule has 4 nitrogen and oxygen atoms in total. The van der Waals surface area contributed by atoms with Gasteiger partial charge in [-0.3, -0.25) is 4.79 Å². The van der Waals surface area contributed by atoms with E-state index in [9.17, 15) is 9.90 Å². The van der Waals surface area contributed by atoms with Gasteiger partial charge in [0.25, 0.3) is 0 Å². The highest BCUT2D eigenvalue weighted by Crippen LogP contribution is 2.45. The monoisotopic (exact) mass is 497 g/mol. The van der Waals surface area contributed by atoms with Crippen LogP contribution in [0, 0.1) is 0 Å². The van der Waals surface area contributed by atoms with Crippen molar-refractivity contribution in [3.05, 3.63) is 150 Å². The van der Waals surface area contributed by atoms with Crippen LogP contribution in [0.3, 0.4) is 0 Å². The van der Waals surface area contributed by atoms with Gasteiger partial charge >= 0.3 is 0 Å². The largest absolute Gasteiger partial charge is 0.508 e. The molecule has 0 spiro atoms. The summed E-state index contributed by atoms with van der Waals surface area (Å²) in [6.45, 7) is 0.859. The Kier molecular flexibility index (Phi) is 6.37. The molecule has 0 aliphatic carbocycles. The minimum atomic E-state index is -0.602. The van der Waals surface area contributed by atoms with Gasteiger partial charge in [-0.05, 0) is 52.1 Å². The average Bonchev–Trinajstić information content (AvgIpc) is 3.25. The Hall–Kier alpha value is -4.83. The zero-order chi connectivity index (χ0) is 25.9. The molecular formula is C34H27NO3. The van der Waals surface area contributed by atoms with Gasteiger partial charge in [0.15, 0.2) is 0 Å². The van der Waals surface area contributed by atoms with E-state index in [1.165, 1.54) is 0 Å². The molecule has 0 radical (unpaired) electrons. The number of rotatable bonds is 7. The van der Waals surface area contributed by atoms with Crippen LogP contribution in [0.5, 0.6) is 11.5 Å². The van der Waals surface area contributed by atoms with Crippen LogP contribution in [0.4, 0.5) is 5.69 Å². The van der Waals surface area contributed by atoms with Crippen molar-refractivity contribution in [2.45, 2.75) is 19.1 Å². The van der Waals surface area contributed by atoms with Crippen molar-refractivity contribution in [2.24, 2.45) is 0 Å². The molecule has 1 aliphatic rings. The number of carbonyl (C=O) groups is 1. The third kappa shape index (κ3) is 4.64. The maximum Gasteiger partial charge on any atom is 0.239 e. The number of hydrogen-bond donors (Lipinski definition) is 1. The Morgan fingerprint density at radius 2 is 1.32 bits per heavy atom. The normalized spacial score (nSPS) is 14.4. The van der Waals surface area contributed by atoms with E-state index in [0.717, 1.165) is 33.5 Å². The molecule has 6 rings (SSSR count). The molecule has 38 heavy (non-hydrogen) atoms. The number of fused-ring (bicyclic) bond motifs is 1. The van der Waals surface area contributed by atoms with E-state index in [1.807, 2.05) is 77.7 Å². The van der Waals surface area contributed by atoms with E-state index in [4.69, 9.17) is 4.74 Å². The molecule has 1 unspecified atom stereocenters. The van der Waals surface area contributed by atoms with E-state index < -0.39 is 5.92 Å². The Morgan fingerprint density at radius 3 is 2.08 bits per heavy atom. The van der Waals surface area contributed by atoms with Crippen molar-refractivity contribution in [1.82, 2.24) is 0 Å². The average molecular weight is 498 g/mol. The molecule has 0 saturated heterocycles. The maximum atomic E-state index is 13.9. The van der Waals surface area contributed by atoms with E-state index in [1.54, 1.807) is 18.2 Å². The van der Waals surface area contributed by atoms with Crippen LogP contribution in [0.25, 0.3) is 11.1 Å². The van der Waals surface area contributed by atoms with Crippen molar-refractivity contribution in [3.63, 3.8) is 0 Å². The van der Waals surface area contributed by atoms with Gasteiger partial charge in [0.2, 0.25) is 5.91 Å². The summed E-state index contributed by atoms with van der Waals surface area (Å²) in [5.74, 6) is 0.0325. The summed E-state index contributed by atoms with van der Waals surface area (Å²) in [5.41, 5.74) is 6.68. The standard InChI is InChI=1S/C34H27NO3/c36-32-20-19-28(38-23-25-9-3-1-4-10-25)21-30(32)33-29-13-7-8-14-31(29)35(34(33)37)22-24-15-17-27(18-16-24)26-11-5-2-6-12-26/h1-21,33,36H,22-23H2. The summed E-state index contributed by atoms with van der Waals surface area (Å²) >= 11 is 0. The number of benzene rings is 5. The quantitative estimate of drug-likeness (QED) is 0.256. The number of para-hydroxylation sites is 1. The molecular weight excluding hydrogens is 470 g/mol. The van der Waals surface area contributed by atoms with Gasteiger partial charge in [-0.15, -0.1) is 0 Å². The maximum absolute atomic E-state index is 13.9. The molecule has 5 aromatic rings. The lowest BCUT2D eigenvalue weighted by Gasteiger charge is -2.19. The van der Waals surface area contributed by atoms with Gasteiger partial charge in [-0.25, -0.2) is 0 Å². The lowest BCUT2D eigenvalue weighted by molar-refractivity contribution is -0.118. The van der Waals surface area contributed by atoms with Gasteiger partial charge in [0.1, 0.15) is 18.1 Å². The number of amides is 1. The number of ether oxygens (including phenoxy) is 1. The molecule has 0 fully saturated rings.